The largest absolute Gasteiger partial charge is 0.434 e. The summed E-state index contributed by atoms with van der Waals surface area (Å²) >= 11 is 0. The Bertz CT molecular complexity index is 729. The molecule has 1 aromatic rings. The lowest BCUT2D eigenvalue weighted by Gasteiger charge is -2.40. The Labute approximate surface area is 171 Å². The summed E-state index contributed by atoms with van der Waals surface area (Å²) in [5.74, 6) is 0.459. The molecule has 0 bridgehead atoms. The number of likely N-dealkylation sites (N-methyl/N-ethyl adjacent to an activating group) is 1. The Kier molecular flexibility index (Phi) is 6.63. The Balaban J connectivity index is 1.78. The van der Waals surface area contributed by atoms with Crippen molar-refractivity contribution in [2.24, 2.45) is 11.3 Å². The number of carbonyl (C=O) groups excluding carboxylic acids is 1. The zero-order chi connectivity index (χ0) is 21.2. The number of carbonyl (C=O) groups is 1. The summed E-state index contributed by atoms with van der Waals surface area (Å²) < 4.78 is 30.9. The van der Waals surface area contributed by atoms with Crippen molar-refractivity contribution < 1.29 is 23.4 Å². The molecule has 2 aliphatic heterocycles. The van der Waals surface area contributed by atoms with Gasteiger partial charge in [0.1, 0.15) is 5.75 Å². The van der Waals surface area contributed by atoms with E-state index in [4.69, 9.17) is 4.74 Å². The Morgan fingerprint density at radius 3 is 2.66 bits per heavy atom. The number of hydrogen-bond acceptors (Lipinski definition) is 4. The highest BCUT2D eigenvalue weighted by Gasteiger charge is 2.33. The third-order valence-corrected chi connectivity index (χ3v) is 6.21. The summed E-state index contributed by atoms with van der Waals surface area (Å²) in [7, 11) is 1.72. The Hall–Kier alpha value is -1.93. The molecule has 2 aliphatic rings. The quantitative estimate of drug-likeness (QED) is 0.747. The van der Waals surface area contributed by atoms with Crippen LogP contribution in [0.4, 0.5) is 19.3 Å². The van der Waals surface area contributed by atoms with Gasteiger partial charge < -0.3 is 14.7 Å². The molecule has 0 radical (unpaired) electrons. The van der Waals surface area contributed by atoms with Crippen molar-refractivity contribution in [3.05, 3.63) is 23.8 Å². The second-order valence-corrected chi connectivity index (χ2v) is 8.75. The van der Waals surface area contributed by atoms with Gasteiger partial charge in [-0.25, -0.2) is 4.79 Å². The SMILES string of the molecule is CN1CCN(c2ccc(CN3CCC[C@H](C(C)(C)CO)C3)c(OC(F)F)c2)C1=O. The number of halogens is 2. The first-order valence-corrected chi connectivity index (χ1v) is 10.1. The highest BCUT2D eigenvalue weighted by atomic mass is 19.3. The smallest absolute Gasteiger partial charge is 0.387 e. The topological polar surface area (TPSA) is 56.3 Å². The number of aliphatic hydroxyl groups excluding tert-OH is 1. The molecule has 3 rings (SSSR count). The van der Waals surface area contributed by atoms with Crippen LogP contribution in [0.1, 0.15) is 32.3 Å². The van der Waals surface area contributed by atoms with Gasteiger partial charge in [0, 0.05) is 57.2 Å². The number of alkyl halides is 2. The molecule has 8 heteroatoms. The number of likely N-dealkylation sites (tertiary alicyclic amines) is 1. The van der Waals surface area contributed by atoms with Crippen LogP contribution in [0, 0.1) is 11.3 Å². The van der Waals surface area contributed by atoms with E-state index >= 15 is 0 Å². The van der Waals surface area contributed by atoms with Gasteiger partial charge in [-0.05, 0) is 36.8 Å². The number of benzene rings is 1. The van der Waals surface area contributed by atoms with Crippen LogP contribution in [0.25, 0.3) is 0 Å². The summed E-state index contributed by atoms with van der Waals surface area (Å²) in [6.07, 6.45) is 2.06. The summed E-state index contributed by atoms with van der Waals surface area (Å²) in [6, 6.07) is 4.96. The van der Waals surface area contributed by atoms with E-state index in [9.17, 15) is 18.7 Å². The van der Waals surface area contributed by atoms with Gasteiger partial charge in [0.05, 0.1) is 0 Å². The van der Waals surface area contributed by atoms with E-state index in [1.807, 2.05) is 0 Å². The van der Waals surface area contributed by atoms with Crippen molar-refractivity contribution in [1.29, 1.82) is 0 Å². The minimum atomic E-state index is -2.93. The predicted octanol–water partition coefficient (Wildman–Crippen LogP) is 3.39. The maximum Gasteiger partial charge on any atom is 0.387 e. The number of hydrogen-bond donors (Lipinski definition) is 1. The van der Waals surface area contributed by atoms with Crippen LogP contribution in [0.15, 0.2) is 18.2 Å². The van der Waals surface area contributed by atoms with Crippen LogP contribution in [0.3, 0.4) is 0 Å². The van der Waals surface area contributed by atoms with E-state index in [0.29, 0.717) is 36.8 Å². The van der Waals surface area contributed by atoms with Gasteiger partial charge in [0.2, 0.25) is 0 Å². The molecule has 2 fully saturated rings. The van der Waals surface area contributed by atoms with Crippen molar-refractivity contribution in [2.45, 2.75) is 39.8 Å². The molecule has 1 atom stereocenters. The summed E-state index contributed by atoms with van der Waals surface area (Å²) in [6.45, 7) is 4.61. The van der Waals surface area contributed by atoms with E-state index in [1.54, 1.807) is 29.0 Å². The van der Waals surface area contributed by atoms with Crippen LogP contribution in [-0.2, 0) is 6.54 Å². The molecule has 2 heterocycles. The van der Waals surface area contributed by atoms with Gasteiger partial charge in [0.25, 0.3) is 0 Å². The average Bonchev–Trinajstić information content (AvgIpc) is 3.02. The van der Waals surface area contributed by atoms with E-state index in [1.165, 1.54) is 6.07 Å². The number of ether oxygens (including phenoxy) is 1. The zero-order valence-corrected chi connectivity index (χ0v) is 17.4. The van der Waals surface area contributed by atoms with Crippen molar-refractivity contribution in [2.75, 3.05) is 44.7 Å². The molecular formula is C21H31F2N3O3. The summed E-state index contributed by atoms with van der Waals surface area (Å²) in [5, 5.41) is 9.68. The molecule has 0 aliphatic carbocycles. The predicted molar refractivity (Wildman–Crippen MR) is 107 cm³/mol. The number of aliphatic hydroxyl groups is 1. The third-order valence-electron chi connectivity index (χ3n) is 6.21. The molecule has 2 amide bonds. The van der Waals surface area contributed by atoms with Gasteiger partial charge >= 0.3 is 12.6 Å². The monoisotopic (exact) mass is 411 g/mol. The zero-order valence-electron chi connectivity index (χ0n) is 17.4. The van der Waals surface area contributed by atoms with Crippen LogP contribution >= 0.6 is 0 Å². The highest BCUT2D eigenvalue weighted by molar-refractivity contribution is 5.94. The number of rotatable bonds is 7. The molecular weight excluding hydrogens is 380 g/mol. The minimum absolute atomic E-state index is 0.114. The lowest BCUT2D eigenvalue weighted by Crippen LogP contribution is -2.42. The normalized spacial score (nSPS) is 21.3. The standard InChI is InChI=1S/C21H31F2N3O3/c1-21(2,14-27)16-5-4-8-25(13-16)12-15-6-7-17(11-18(15)29-19(22)23)26-10-9-24(3)20(26)28/h6-7,11,16,19,27H,4-5,8-10,12-14H2,1-3H3/t16-/m0/s1. The minimum Gasteiger partial charge on any atom is -0.434 e. The lowest BCUT2D eigenvalue weighted by atomic mass is 9.75. The molecule has 0 aromatic heterocycles. The van der Waals surface area contributed by atoms with Crippen LogP contribution in [-0.4, -0.2) is 67.4 Å². The molecule has 0 saturated carbocycles. The highest BCUT2D eigenvalue weighted by Crippen LogP contribution is 2.35. The fourth-order valence-corrected chi connectivity index (χ4v) is 4.14. The third kappa shape index (κ3) is 4.98. The first kappa shape index (κ1) is 21.8. The molecule has 1 aromatic carbocycles. The van der Waals surface area contributed by atoms with E-state index in [-0.39, 0.29) is 23.8 Å². The van der Waals surface area contributed by atoms with Crippen molar-refractivity contribution >= 4 is 11.7 Å². The number of piperidine rings is 1. The Morgan fingerprint density at radius 2 is 2.03 bits per heavy atom. The van der Waals surface area contributed by atoms with E-state index in [2.05, 4.69) is 18.7 Å². The van der Waals surface area contributed by atoms with Gasteiger partial charge in [-0.1, -0.05) is 19.9 Å². The van der Waals surface area contributed by atoms with Crippen LogP contribution < -0.4 is 9.64 Å². The number of nitrogens with zero attached hydrogens (tertiary/aromatic N) is 3. The summed E-state index contributed by atoms with van der Waals surface area (Å²) in [4.78, 5) is 17.6. The van der Waals surface area contributed by atoms with Gasteiger partial charge in [0.15, 0.2) is 0 Å². The number of urea groups is 1. The second-order valence-electron chi connectivity index (χ2n) is 8.75. The molecule has 162 valence electrons. The van der Waals surface area contributed by atoms with Crippen molar-refractivity contribution in [3.8, 4) is 5.75 Å². The number of anilines is 1. The first-order valence-electron chi connectivity index (χ1n) is 10.1. The fourth-order valence-electron chi connectivity index (χ4n) is 4.14. The van der Waals surface area contributed by atoms with Gasteiger partial charge in [-0.3, -0.25) is 9.80 Å². The average molecular weight is 411 g/mol. The van der Waals surface area contributed by atoms with Crippen molar-refractivity contribution in [3.63, 3.8) is 0 Å². The van der Waals surface area contributed by atoms with Crippen molar-refractivity contribution in [1.82, 2.24) is 9.80 Å². The maximum atomic E-state index is 13.0. The Morgan fingerprint density at radius 1 is 1.28 bits per heavy atom. The molecule has 0 unspecified atom stereocenters. The molecule has 6 nitrogen and oxygen atoms in total. The second kappa shape index (κ2) is 8.83. The van der Waals surface area contributed by atoms with E-state index < -0.39 is 6.61 Å². The fraction of sp³-hybridized carbons (Fsp3) is 0.667. The van der Waals surface area contributed by atoms with Crippen LogP contribution in [0.5, 0.6) is 5.75 Å². The van der Waals surface area contributed by atoms with Crippen LogP contribution in [0.2, 0.25) is 0 Å². The molecule has 29 heavy (non-hydrogen) atoms. The number of amides is 2. The molecule has 2 saturated heterocycles. The molecule has 1 N–H and O–H groups in total. The lowest BCUT2D eigenvalue weighted by molar-refractivity contribution is -0.0509. The van der Waals surface area contributed by atoms with Gasteiger partial charge in [-0.15, -0.1) is 0 Å². The molecule has 0 spiro atoms. The first-order chi connectivity index (χ1) is 13.7. The van der Waals surface area contributed by atoms with E-state index in [0.717, 1.165) is 25.9 Å². The maximum absolute atomic E-state index is 13.0. The summed E-state index contributed by atoms with van der Waals surface area (Å²) in [5.41, 5.74) is 1.07. The van der Waals surface area contributed by atoms with Gasteiger partial charge in [-0.2, -0.15) is 8.78 Å².